The molecule has 4 nitrogen and oxygen atoms in total. The Balaban J connectivity index is 4.09. The van der Waals surface area contributed by atoms with Crippen molar-refractivity contribution in [2.45, 2.75) is 53.4 Å². The van der Waals surface area contributed by atoms with Gasteiger partial charge in [-0.2, -0.15) is 0 Å². The fraction of sp³-hybridized carbons (Fsp3) is 1.00. The van der Waals surface area contributed by atoms with Crippen LogP contribution in [-0.4, -0.2) is 19.8 Å². The molecule has 0 aromatic heterocycles. The Morgan fingerprint density at radius 3 is 1.88 bits per heavy atom. The number of hydrogen-bond acceptors (Lipinski definition) is 3. The molecular weight excluding hydrogens is 237 g/mol. The predicted molar refractivity (Wildman–Crippen MR) is 72.2 cm³/mol. The Morgan fingerprint density at radius 1 is 1.06 bits per heavy atom. The van der Waals surface area contributed by atoms with E-state index in [1.807, 2.05) is 0 Å². The predicted octanol–water partition coefficient (Wildman–Crippen LogP) is 3.97. The van der Waals surface area contributed by atoms with E-state index in [-0.39, 0.29) is 0 Å². The molecule has 0 saturated carbocycles. The molecule has 0 radical (unpaired) electrons. The minimum absolute atomic E-state index is 0.424. The van der Waals surface area contributed by atoms with Crippen molar-refractivity contribution in [2.24, 2.45) is 5.92 Å². The highest BCUT2D eigenvalue weighted by Crippen LogP contribution is 2.44. The Labute approximate surface area is 106 Å². The monoisotopic (exact) mass is 265 g/mol. The molecular formula is C12H28NO3P. The Kier molecular flexibility index (Phi) is 10.1. The van der Waals surface area contributed by atoms with Crippen molar-refractivity contribution in [3.63, 3.8) is 0 Å². The molecule has 0 fully saturated rings. The van der Waals surface area contributed by atoms with Gasteiger partial charge >= 0.3 is 7.75 Å². The van der Waals surface area contributed by atoms with Crippen LogP contribution in [0.15, 0.2) is 0 Å². The average Bonchev–Trinajstić information content (AvgIpc) is 2.27. The van der Waals surface area contributed by atoms with Crippen LogP contribution in [-0.2, 0) is 13.6 Å². The quantitative estimate of drug-likeness (QED) is 0.453. The third kappa shape index (κ3) is 9.78. The summed E-state index contributed by atoms with van der Waals surface area (Å²) in [5.41, 5.74) is 0. The largest absolute Gasteiger partial charge is 0.405 e. The van der Waals surface area contributed by atoms with Crippen LogP contribution in [0, 0.1) is 5.92 Å². The smallest absolute Gasteiger partial charge is 0.297 e. The molecule has 5 heteroatoms. The Hall–Kier alpha value is 0.110. The molecule has 0 heterocycles. The summed E-state index contributed by atoms with van der Waals surface area (Å²) < 4.78 is 23.1. The molecule has 0 aliphatic heterocycles. The van der Waals surface area contributed by atoms with Crippen LogP contribution in [0.4, 0.5) is 0 Å². The van der Waals surface area contributed by atoms with Gasteiger partial charge in [0.1, 0.15) is 0 Å². The second-order valence-electron chi connectivity index (χ2n) is 4.63. The summed E-state index contributed by atoms with van der Waals surface area (Å²) in [6.07, 6.45) is 3.87. The van der Waals surface area contributed by atoms with Gasteiger partial charge in [-0.05, 0) is 18.8 Å². The van der Waals surface area contributed by atoms with Gasteiger partial charge in [0.25, 0.3) is 0 Å². The average molecular weight is 265 g/mol. The van der Waals surface area contributed by atoms with Crippen LogP contribution < -0.4 is 5.09 Å². The third-order valence-electron chi connectivity index (χ3n) is 2.21. The van der Waals surface area contributed by atoms with Crippen LogP contribution in [0.1, 0.15) is 53.4 Å². The van der Waals surface area contributed by atoms with Crippen LogP contribution >= 0.6 is 7.75 Å². The highest BCUT2D eigenvalue weighted by molar-refractivity contribution is 7.51. The van der Waals surface area contributed by atoms with Gasteiger partial charge < -0.3 is 0 Å². The van der Waals surface area contributed by atoms with Gasteiger partial charge in [0, 0.05) is 6.54 Å². The van der Waals surface area contributed by atoms with Crippen molar-refractivity contribution in [3.05, 3.63) is 0 Å². The van der Waals surface area contributed by atoms with Gasteiger partial charge in [-0.25, -0.2) is 9.65 Å². The summed E-state index contributed by atoms with van der Waals surface area (Å²) >= 11 is 0. The van der Waals surface area contributed by atoms with Crippen molar-refractivity contribution in [1.29, 1.82) is 0 Å². The zero-order chi connectivity index (χ0) is 13.1. The number of nitrogens with one attached hydrogen (secondary N) is 1. The van der Waals surface area contributed by atoms with Gasteiger partial charge in [-0.3, -0.25) is 9.05 Å². The number of unbranched alkanes of at least 4 members (excludes halogenated alkanes) is 2. The van der Waals surface area contributed by atoms with E-state index in [9.17, 15) is 4.57 Å². The summed E-state index contributed by atoms with van der Waals surface area (Å²) in [4.78, 5) is 0. The lowest BCUT2D eigenvalue weighted by atomic mass is 10.2. The summed E-state index contributed by atoms with van der Waals surface area (Å²) in [6, 6.07) is 0. The molecule has 17 heavy (non-hydrogen) atoms. The van der Waals surface area contributed by atoms with Crippen molar-refractivity contribution in [2.75, 3.05) is 19.8 Å². The zero-order valence-electron chi connectivity index (χ0n) is 11.7. The van der Waals surface area contributed by atoms with Crippen molar-refractivity contribution in [3.8, 4) is 0 Å². The molecule has 0 aromatic rings. The number of rotatable bonds is 11. The minimum Gasteiger partial charge on any atom is -0.297 e. The molecule has 0 rings (SSSR count). The van der Waals surface area contributed by atoms with E-state index in [2.05, 4.69) is 32.8 Å². The number of hydrogen-bond donors (Lipinski definition) is 1. The molecule has 0 saturated heterocycles. The molecule has 104 valence electrons. The molecule has 0 atom stereocenters. The lowest BCUT2D eigenvalue weighted by Gasteiger charge is -2.20. The molecule has 0 aliphatic carbocycles. The van der Waals surface area contributed by atoms with Gasteiger partial charge in [-0.15, -0.1) is 0 Å². The molecule has 0 unspecified atom stereocenters. The minimum atomic E-state index is -3.08. The maximum atomic E-state index is 12.3. The maximum absolute atomic E-state index is 12.3. The van der Waals surface area contributed by atoms with Crippen molar-refractivity contribution < 1.29 is 13.6 Å². The maximum Gasteiger partial charge on any atom is 0.405 e. The molecule has 0 amide bonds. The SMILES string of the molecule is CCCCOP(=O)(NCC(C)C)OCCCC. The highest BCUT2D eigenvalue weighted by Gasteiger charge is 2.23. The lowest BCUT2D eigenvalue weighted by Crippen LogP contribution is -2.20. The second-order valence-corrected chi connectivity index (χ2v) is 6.45. The van der Waals surface area contributed by atoms with Gasteiger partial charge in [0.15, 0.2) is 0 Å². The fourth-order valence-electron chi connectivity index (χ4n) is 1.08. The summed E-state index contributed by atoms with van der Waals surface area (Å²) in [7, 11) is -3.08. The summed E-state index contributed by atoms with van der Waals surface area (Å²) in [5, 5.41) is 2.92. The summed E-state index contributed by atoms with van der Waals surface area (Å²) in [5.74, 6) is 0.424. The van der Waals surface area contributed by atoms with Crippen LogP contribution in [0.3, 0.4) is 0 Å². The van der Waals surface area contributed by atoms with Gasteiger partial charge in [0.05, 0.1) is 13.2 Å². The van der Waals surface area contributed by atoms with Crippen molar-refractivity contribution >= 4 is 7.75 Å². The van der Waals surface area contributed by atoms with E-state index in [0.717, 1.165) is 25.7 Å². The second kappa shape index (κ2) is 10.1. The molecule has 1 N–H and O–H groups in total. The van der Waals surface area contributed by atoms with E-state index >= 15 is 0 Å². The van der Waals surface area contributed by atoms with E-state index in [0.29, 0.717) is 25.7 Å². The molecule has 0 spiro atoms. The standard InChI is InChI=1S/C12H28NO3P/c1-5-7-9-15-17(14,13-11-12(3)4)16-10-8-6-2/h12H,5-11H2,1-4H3,(H,13,14). The van der Waals surface area contributed by atoms with Crippen molar-refractivity contribution in [1.82, 2.24) is 5.09 Å². The van der Waals surface area contributed by atoms with Gasteiger partial charge in [0.2, 0.25) is 0 Å². The summed E-state index contributed by atoms with van der Waals surface area (Å²) in [6.45, 7) is 9.91. The Bertz CT molecular complexity index is 208. The Morgan fingerprint density at radius 2 is 1.53 bits per heavy atom. The zero-order valence-corrected chi connectivity index (χ0v) is 12.6. The first-order valence-corrected chi connectivity index (χ1v) is 8.22. The topological polar surface area (TPSA) is 47.6 Å². The first-order chi connectivity index (χ1) is 8.04. The van der Waals surface area contributed by atoms with Crippen LogP contribution in [0.5, 0.6) is 0 Å². The third-order valence-corrected chi connectivity index (χ3v) is 3.83. The molecule has 0 aromatic carbocycles. The van der Waals surface area contributed by atoms with Crippen LogP contribution in [0.25, 0.3) is 0 Å². The van der Waals surface area contributed by atoms with E-state index < -0.39 is 7.75 Å². The fourth-order valence-corrected chi connectivity index (χ4v) is 2.67. The van der Waals surface area contributed by atoms with Gasteiger partial charge in [-0.1, -0.05) is 40.5 Å². The normalized spacial score (nSPS) is 12.3. The highest BCUT2D eigenvalue weighted by atomic mass is 31.2. The van der Waals surface area contributed by atoms with E-state index in [1.54, 1.807) is 0 Å². The van der Waals surface area contributed by atoms with Crippen LogP contribution in [0.2, 0.25) is 0 Å². The lowest BCUT2D eigenvalue weighted by molar-refractivity contribution is 0.190. The first-order valence-electron chi connectivity index (χ1n) is 6.68. The van der Waals surface area contributed by atoms with E-state index in [4.69, 9.17) is 9.05 Å². The first kappa shape index (κ1) is 17.1. The molecule has 0 aliphatic rings. The van der Waals surface area contributed by atoms with E-state index in [1.165, 1.54) is 0 Å². The molecule has 0 bridgehead atoms.